The number of ether oxygens (including phenoxy) is 1. The molecule has 0 aliphatic carbocycles. The molecule has 4 nitrogen and oxygen atoms in total. The maximum atomic E-state index is 12.9. The molecule has 0 saturated heterocycles. The number of likely N-dealkylation sites (N-methyl/N-ethyl adjacent to an activating group) is 1. The van der Waals surface area contributed by atoms with Gasteiger partial charge >= 0.3 is 0 Å². The van der Waals surface area contributed by atoms with Crippen molar-refractivity contribution in [2.75, 3.05) is 20.2 Å². The molecule has 1 rings (SSSR count). The topological polar surface area (TPSA) is 55.6 Å². The highest BCUT2D eigenvalue weighted by Gasteiger charge is 2.14. The van der Waals surface area contributed by atoms with Gasteiger partial charge in [0.25, 0.3) is 5.91 Å². The predicted octanol–water partition coefficient (Wildman–Crippen LogP) is 2.69. The quantitative estimate of drug-likeness (QED) is 0.841. The average molecular weight is 317 g/mol. The third-order valence-electron chi connectivity index (χ3n) is 3.32. The van der Waals surface area contributed by atoms with Gasteiger partial charge in [0.2, 0.25) is 0 Å². The first-order valence-corrected chi connectivity index (χ1v) is 7.26. The second-order valence-electron chi connectivity index (χ2n) is 5.38. The van der Waals surface area contributed by atoms with Crippen LogP contribution in [0.25, 0.3) is 0 Å². The number of amides is 1. The van der Waals surface area contributed by atoms with Crippen molar-refractivity contribution in [1.82, 2.24) is 4.90 Å². The number of benzene rings is 1. The molecule has 0 saturated carbocycles. The molecule has 21 heavy (non-hydrogen) atoms. The molecule has 0 spiro atoms. The number of nitrogens with zero attached hydrogens (tertiary/aromatic N) is 1. The van der Waals surface area contributed by atoms with Crippen LogP contribution in [0.15, 0.2) is 18.2 Å². The highest BCUT2D eigenvalue weighted by atomic mass is 35.5. The Morgan fingerprint density at radius 1 is 1.48 bits per heavy atom. The summed E-state index contributed by atoms with van der Waals surface area (Å²) in [6.45, 7) is 4.52. The van der Waals surface area contributed by atoms with Gasteiger partial charge in [0.1, 0.15) is 11.6 Å². The first-order chi connectivity index (χ1) is 9.81. The van der Waals surface area contributed by atoms with E-state index in [-0.39, 0.29) is 23.6 Å². The van der Waals surface area contributed by atoms with Crippen LogP contribution >= 0.6 is 11.6 Å². The van der Waals surface area contributed by atoms with Gasteiger partial charge in [0, 0.05) is 19.6 Å². The van der Waals surface area contributed by atoms with E-state index >= 15 is 0 Å². The lowest BCUT2D eigenvalue weighted by atomic mass is 10.0. The summed E-state index contributed by atoms with van der Waals surface area (Å²) in [5.41, 5.74) is 5.94. The minimum absolute atomic E-state index is 0.0627. The molecule has 0 bridgehead atoms. The molecular formula is C15H22ClFN2O2. The Balaban J connectivity index is 2.42. The molecule has 0 heterocycles. The maximum Gasteiger partial charge on any atom is 0.260 e. The van der Waals surface area contributed by atoms with Crippen molar-refractivity contribution >= 4 is 17.5 Å². The summed E-state index contributed by atoms with van der Waals surface area (Å²) in [6, 6.07) is 3.84. The van der Waals surface area contributed by atoms with Gasteiger partial charge in [-0.1, -0.05) is 25.4 Å². The zero-order valence-corrected chi connectivity index (χ0v) is 13.4. The fraction of sp³-hybridized carbons (Fsp3) is 0.533. The lowest BCUT2D eigenvalue weighted by Gasteiger charge is -2.21. The van der Waals surface area contributed by atoms with Gasteiger partial charge in [0.15, 0.2) is 6.61 Å². The van der Waals surface area contributed by atoms with Crippen LogP contribution in [-0.4, -0.2) is 37.0 Å². The van der Waals surface area contributed by atoms with Crippen LogP contribution in [0, 0.1) is 11.7 Å². The van der Waals surface area contributed by atoms with Gasteiger partial charge < -0.3 is 15.4 Å². The molecule has 118 valence electrons. The molecule has 1 aromatic carbocycles. The molecule has 1 atom stereocenters. The van der Waals surface area contributed by atoms with E-state index in [4.69, 9.17) is 22.1 Å². The Labute approximate surface area is 130 Å². The van der Waals surface area contributed by atoms with E-state index in [2.05, 4.69) is 0 Å². The monoisotopic (exact) mass is 316 g/mol. The summed E-state index contributed by atoms with van der Waals surface area (Å²) in [6.07, 6.45) is 0.733. The Bertz CT molecular complexity index is 483. The zero-order valence-electron chi connectivity index (χ0n) is 12.6. The number of rotatable bonds is 7. The summed E-state index contributed by atoms with van der Waals surface area (Å²) in [4.78, 5) is 13.5. The van der Waals surface area contributed by atoms with E-state index in [0.29, 0.717) is 18.2 Å². The molecular weight excluding hydrogens is 295 g/mol. The number of hydrogen-bond acceptors (Lipinski definition) is 3. The smallest absolute Gasteiger partial charge is 0.260 e. The van der Waals surface area contributed by atoms with Crippen molar-refractivity contribution in [3.63, 3.8) is 0 Å². The minimum Gasteiger partial charge on any atom is -0.482 e. The predicted molar refractivity (Wildman–Crippen MR) is 82.0 cm³/mol. The summed E-state index contributed by atoms with van der Waals surface area (Å²) in [5, 5.41) is 0.146. The summed E-state index contributed by atoms with van der Waals surface area (Å²) in [5.74, 6) is 0.0475. The Kier molecular flexibility index (Phi) is 6.92. The van der Waals surface area contributed by atoms with Gasteiger partial charge in [0.05, 0.1) is 5.02 Å². The van der Waals surface area contributed by atoms with Crippen LogP contribution in [-0.2, 0) is 4.79 Å². The normalized spacial score (nSPS) is 12.3. The summed E-state index contributed by atoms with van der Waals surface area (Å²) >= 11 is 5.82. The first-order valence-electron chi connectivity index (χ1n) is 6.88. The third-order valence-corrected chi connectivity index (χ3v) is 3.62. The van der Waals surface area contributed by atoms with Gasteiger partial charge in [-0.15, -0.1) is 0 Å². The first kappa shape index (κ1) is 17.7. The maximum absolute atomic E-state index is 12.9. The average Bonchev–Trinajstić information content (AvgIpc) is 2.42. The lowest BCUT2D eigenvalue weighted by molar-refractivity contribution is -0.132. The number of carbonyl (C=O) groups is 1. The molecule has 0 aliphatic heterocycles. The van der Waals surface area contributed by atoms with Crippen LogP contribution in [0.5, 0.6) is 5.75 Å². The Morgan fingerprint density at radius 3 is 2.71 bits per heavy atom. The molecule has 2 N–H and O–H groups in total. The second-order valence-corrected chi connectivity index (χ2v) is 5.78. The van der Waals surface area contributed by atoms with E-state index in [0.717, 1.165) is 12.5 Å². The lowest BCUT2D eigenvalue weighted by Crippen LogP contribution is -2.36. The van der Waals surface area contributed by atoms with Gasteiger partial charge in [-0.05, 0) is 30.5 Å². The number of halogens is 2. The second kappa shape index (κ2) is 8.20. The SMILES string of the molecule is CC(C)C(N)CCN(C)C(=O)COc1ccc(F)cc1Cl. The number of nitrogens with two attached hydrogens (primary N) is 1. The van der Waals surface area contributed by atoms with Crippen molar-refractivity contribution < 1.29 is 13.9 Å². The van der Waals surface area contributed by atoms with Crippen molar-refractivity contribution in [3.05, 3.63) is 29.0 Å². The van der Waals surface area contributed by atoms with E-state index < -0.39 is 5.82 Å². The molecule has 6 heteroatoms. The van der Waals surface area contributed by atoms with Gasteiger partial charge in [-0.2, -0.15) is 0 Å². The summed E-state index contributed by atoms with van der Waals surface area (Å²) < 4.78 is 18.2. The van der Waals surface area contributed by atoms with Crippen LogP contribution in [0.1, 0.15) is 20.3 Å². The van der Waals surface area contributed by atoms with Crippen LogP contribution < -0.4 is 10.5 Å². The van der Waals surface area contributed by atoms with Crippen molar-refractivity contribution in [2.24, 2.45) is 11.7 Å². The molecule has 0 aliphatic rings. The fourth-order valence-electron chi connectivity index (χ4n) is 1.64. The van der Waals surface area contributed by atoms with Crippen LogP contribution in [0.4, 0.5) is 4.39 Å². The molecule has 0 aromatic heterocycles. The highest BCUT2D eigenvalue weighted by Crippen LogP contribution is 2.24. The van der Waals surface area contributed by atoms with E-state index in [1.807, 2.05) is 13.8 Å². The standard InChI is InChI=1S/C15H22ClFN2O2/c1-10(2)13(18)6-7-19(3)15(20)9-21-14-5-4-11(17)8-12(14)16/h4-5,8,10,13H,6-7,9,18H2,1-3H3. The largest absolute Gasteiger partial charge is 0.482 e. The fourth-order valence-corrected chi connectivity index (χ4v) is 1.86. The van der Waals surface area contributed by atoms with Crippen LogP contribution in [0.2, 0.25) is 5.02 Å². The van der Waals surface area contributed by atoms with Crippen molar-refractivity contribution in [2.45, 2.75) is 26.3 Å². The molecule has 0 radical (unpaired) electrons. The molecule has 0 fully saturated rings. The number of carbonyl (C=O) groups excluding carboxylic acids is 1. The highest BCUT2D eigenvalue weighted by molar-refractivity contribution is 6.32. The summed E-state index contributed by atoms with van der Waals surface area (Å²) in [7, 11) is 1.70. The molecule has 1 amide bonds. The molecule has 1 aromatic rings. The number of hydrogen-bond donors (Lipinski definition) is 1. The molecule has 1 unspecified atom stereocenters. The van der Waals surface area contributed by atoms with Gasteiger partial charge in [-0.25, -0.2) is 4.39 Å². The van der Waals surface area contributed by atoms with E-state index in [1.165, 1.54) is 12.1 Å². The van der Waals surface area contributed by atoms with Gasteiger partial charge in [-0.3, -0.25) is 4.79 Å². The van der Waals surface area contributed by atoms with Crippen LogP contribution in [0.3, 0.4) is 0 Å². The minimum atomic E-state index is -0.446. The Hall–Kier alpha value is -1.33. The zero-order chi connectivity index (χ0) is 16.0. The van der Waals surface area contributed by atoms with Crippen molar-refractivity contribution in [1.29, 1.82) is 0 Å². The third kappa shape index (κ3) is 5.89. The van der Waals surface area contributed by atoms with E-state index in [9.17, 15) is 9.18 Å². The van der Waals surface area contributed by atoms with Crippen molar-refractivity contribution in [3.8, 4) is 5.75 Å². The van der Waals surface area contributed by atoms with E-state index in [1.54, 1.807) is 11.9 Å². The Morgan fingerprint density at radius 2 is 2.14 bits per heavy atom.